The minimum Gasteiger partial charge on any atom is -0.395 e. The van der Waals surface area contributed by atoms with Gasteiger partial charge < -0.3 is 25.8 Å². The lowest BCUT2D eigenvalue weighted by atomic mass is 10.0. The molecule has 8 nitrogen and oxygen atoms in total. The lowest BCUT2D eigenvalue weighted by molar-refractivity contribution is -0.130. The van der Waals surface area contributed by atoms with E-state index in [9.17, 15) is 14.7 Å². The Kier molecular flexibility index (Phi) is 6.82. The van der Waals surface area contributed by atoms with E-state index in [-0.39, 0.29) is 25.3 Å². The summed E-state index contributed by atoms with van der Waals surface area (Å²) < 4.78 is 0. The van der Waals surface area contributed by atoms with Crippen molar-refractivity contribution in [3.05, 3.63) is 65.1 Å². The Bertz CT molecular complexity index is 993. The molecule has 3 aromatic rings. The maximum atomic E-state index is 12.8. The van der Waals surface area contributed by atoms with Gasteiger partial charge in [-0.3, -0.25) is 9.59 Å². The smallest absolute Gasteiger partial charge is 0.268 e. The molecule has 0 saturated carbocycles. The van der Waals surface area contributed by atoms with Gasteiger partial charge in [-0.05, 0) is 24.1 Å². The van der Waals surface area contributed by atoms with Crippen LogP contribution in [0.25, 0.3) is 10.9 Å². The average Bonchev–Trinajstić information content (AvgIpc) is 3.15. The van der Waals surface area contributed by atoms with E-state index < -0.39 is 24.0 Å². The van der Waals surface area contributed by atoms with Crippen molar-refractivity contribution in [2.24, 2.45) is 0 Å². The number of aromatic amines is 1. The number of fused-ring (bicyclic) bond motifs is 1. The Morgan fingerprint density at radius 2 is 1.97 bits per heavy atom. The van der Waals surface area contributed by atoms with Crippen LogP contribution in [0.1, 0.15) is 16.1 Å². The number of hydrogen-bond acceptors (Lipinski definition) is 5. The molecule has 152 valence electrons. The fourth-order valence-electron chi connectivity index (χ4n) is 2.95. The quantitative estimate of drug-likeness (QED) is 0.350. The summed E-state index contributed by atoms with van der Waals surface area (Å²) in [5, 5.41) is 25.5. The molecule has 2 atom stereocenters. The van der Waals surface area contributed by atoms with Crippen LogP contribution in [0, 0.1) is 0 Å². The van der Waals surface area contributed by atoms with Gasteiger partial charge in [-0.2, -0.15) is 0 Å². The Morgan fingerprint density at radius 1 is 1.21 bits per heavy atom. The third kappa shape index (κ3) is 5.32. The number of hydrogen-bond donors (Lipinski definition) is 5. The number of carbonyl (C=O) groups excluding carboxylic acids is 2. The first kappa shape index (κ1) is 20.8. The third-order valence-electron chi connectivity index (χ3n) is 4.39. The summed E-state index contributed by atoms with van der Waals surface area (Å²) in [6.07, 6.45) is 0.271. The van der Waals surface area contributed by atoms with Crippen molar-refractivity contribution >= 4 is 34.3 Å². The largest absolute Gasteiger partial charge is 0.395 e. The molecule has 0 bridgehead atoms. The number of aromatic nitrogens is 2. The minimum atomic E-state index is -1.49. The Labute approximate surface area is 171 Å². The van der Waals surface area contributed by atoms with Crippen LogP contribution in [0.5, 0.6) is 0 Å². The summed E-state index contributed by atoms with van der Waals surface area (Å²) in [6.45, 7) is -0.239. The molecule has 2 amide bonds. The molecule has 29 heavy (non-hydrogen) atoms. The fourth-order valence-corrected chi connectivity index (χ4v) is 3.12. The second-order valence-electron chi connectivity index (χ2n) is 6.51. The van der Waals surface area contributed by atoms with E-state index in [0.717, 1.165) is 10.9 Å². The van der Waals surface area contributed by atoms with E-state index in [2.05, 4.69) is 20.6 Å². The second-order valence-corrected chi connectivity index (χ2v) is 6.89. The number of nitrogens with one attached hydrogen (secondary N) is 3. The lowest BCUT2D eigenvalue weighted by Gasteiger charge is -2.23. The summed E-state index contributed by atoms with van der Waals surface area (Å²) in [5.41, 5.74) is 1.74. The van der Waals surface area contributed by atoms with E-state index in [0.29, 0.717) is 10.7 Å². The van der Waals surface area contributed by atoms with Gasteiger partial charge in [0, 0.05) is 11.9 Å². The highest BCUT2D eigenvalue weighted by atomic mass is 35.5. The summed E-state index contributed by atoms with van der Waals surface area (Å²) in [4.78, 5) is 31.8. The Morgan fingerprint density at radius 3 is 2.69 bits per heavy atom. The predicted octanol–water partition coefficient (Wildman–Crippen LogP) is 1.03. The molecule has 0 aliphatic carbocycles. The normalized spacial score (nSPS) is 13.1. The molecule has 2 aromatic heterocycles. The number of amides is 2. The zero-order chi connectivity index (χ0) is 20.8. The monoisotopic (exact) mass is 416 g/mol. The maximum Gasteiger partial charge on any atom is 0.268 e. The van der Waals surface area contributed by atoms with Crippen molar-refractivity contribution in [1.29, 1.82) is 0 Å². The van der Waals surface area contributed by atoms with Crippen LogP contribution < -0.4 is 10.6 Å². The van der Waals surface area contributed by atoms with Gasteiger partial charge in [-0.15, -0.1) is 0 Å². The van der Waals surface area contributed by atoms with Crippen LogP contribution in [0.15, 0.2) is 48.7 Å². The van der Waals surface area contributed by atoms with Gasteiger partial charge in [0.15, 0.2) is 6.10 Å². The van der Waals surface area contributed by atoms with Crippen molar-refractivity contribution in [3.8, 4) is 0 Å². The topological polar surface area (TPSA) is 127 Å². The first-order valence-corrected chi connectivity index (χ1v) is 9.41. The minimum absolute atomic E-state index is 0.0116. The van der Waals surface area contributed by atoms with Crippen LogP contribution in [-0.2, 0) is 11.2 Å². The molecule has 0 saturated heterocycles. The zero-order valence-corrected chi connectivity index (χ0v) is 16.2. The molecule has 2 heterocycles. The van der Waals surface area contributed by atoms with E-state index in [4.69, 9.17) is 16.7 Å². The van der Waals surface area contributed by atoms with E-state index in [1.54, 1.807) is 12.1 Å². The van der Waals surface area contributed by atoms with Gasteiger partial charge in [0.2, 0.25) is 0 Å². The van der Waals surface area contributed by atoms with E-state index in [1.165, 1.54) is 6.20 Å². The highest BCUT2D eigenvalue weighted by molar-refractivity contribution is 6.30. The summed E-state index contributed by atoms with van der Waals surface area (Å²) >= 11 is 5.88. The van der Waals surface area contributed by atoms with Gasteiger partial charge in [-0.25, -0.2) is 4.98 Å². The summed E-state index contributed by atoms with van der Waals surface area (Å²) in [7, 11) is 0. The third-order valence-corrected chi connectivity index (χ3v) is 4.60. The number of benzene rings is 1. The number of aliphatic hydroxyl groups excluding tert-OH is 2. The number of halogens is 1. The first-order valence-electron chi connectivity index (χ1n) is 9.03. The van der Waals surface area contributed by atoms with Gasteiger partial charge >= 0.3 is 0 Å². The zero-order valence-electron chi connectivity index (χ0n) is 15.4. The predicted molar refractivity (Wildman–Crippen MR) is 109 cm³/mol. The Hall–Kier alpha value is -2.94. The van der Waals surface area contributed by atoms with E-state index in [1.807, 2.05) is 30.3 Å². The summed E-state index contributed by atoms with van der Waals surface area (Å²) in [6, 6.07) is 11.6. The molecule has 5 N–H and O–H groups in total. The lowest BCUT2D eigenvalue weighted by Crippen LogP contribution is -2.52. The van der Waals surface area contributed by atoms with Crippen LogP contribution in [0.2, 0.25) is 5.15 Å². The highest BCUT2D eigenvalue weighted by Gasteiger charge is 2.28. The molecular formula is C20H21ClN4O4. The number of rotatable bonds is 8. The number of pyridine rings is 1. The fraction of sp³-hybridized carbons (Fsp3) is 0.250. The molecular weight excluding hydrogens is 396 g/mol. The van der Waals surface area contributed by atoms with Crippen LogP contribution in [0.4, 0.5) is 0 Å². The first-order chi connectivity index (χ1) is 14.0. The van der Waals surface area contributed by atoms with Crippen LogP contribution in [-0.4, -0.2) is 57.3 Å². The van der Waals surface area contributed by atoms with Crippen molar-refractivity contribution < 1.29 is 19.8 Å². The van der Waals surface area contributed by atoms with Crippen molar-refractivity contribution in [1.82, 2.24) is 20.6 Å². The molecule has 1 aromatic carbocycles. The molecule has 9 heteroatoms. The average molecular weight is 417 g/mol. The number of H-pyrrole nitrogens is 1. The van der Waals surface area contributed by atoms with Crippen molar-refractivity contribution in [3.63, 3.8) is 0 Å². The molecule has 0 spiro atoms. The summed E-state index contributed by atoms with van der Waals surface area (Å²) in [5.74, 6) is -1.15. The standard InChI is InChI=1S/C20H21ClN4O4/c21-17-10-13-9-15(24-16(13)11-23-17)19(28)25-14(8-12-4-2-1-3-5-12)18(27)20(29)22-6-7-26/h1-5,9-11,14,18,24,26-27H,6-8H2,(H,22,29)(H,25,28)/t14?,18-/m0/s1. The number of aliphatic hydroxyl groups is 2. The molecule has 0 radical (unpaired) electrons. The van der Waals surface area contributed by atoms with Crippen LogP contribution in [0.3, 0.4) is 0 Å². The molecule has 0 fully saturated rings. The van der Waals surface area contributed by atoms with Crippen molar-refractivity contribution in [2.45, 2.75) is 18.6 Å². The van der Waals surface area contributed by atoms with Crippen molar-refractivity contribution in [2.75, 3.05) is 13.2 Å². The van der Waals surface area contributed by atoms with Gasteiger partial charge in [-0.1, -0.05) is 41.9 Å². The molecule has 0 aliphatic heterocycles. The van der Waals surface area contributed by atoms with Crippen LogP contribution >= 0.6 is 11.6 Å². The second kappa shape index (κ2) is 9.51. The highest BCUT2D eigenvalue weighted by Crippen LogP contribution is 2.18. The SMILES string of the molecule is O=C(NC(Cc1ccccc1)[C@H](O)C(=O)NCCO)c1cc2cc(Cl)ncc2[nH]1. The number of nitrogens with zero attached hydrogens (tertiary/aromatic N) is 1. The molecule has 3 rings (SSSR count). The molecule has 1 unspecified atom stereocenters. The maximum absolute atomic E-state index is 12.8. The van der Waals surface area contributed by atoms with Gasteiger partial charge in [0.1, 0.15) is 10.8 Å². The van der Waals surface area contributed by atoms with E-state index >= 15 is 0 Å². The Balaban J connectivity index is 1.80. The van der Waals surface area contributed by atoms with Gasteiger partial charge in [0.05, 0.1) is 24.4 Å². The van der Waals surface area contributed by atoms with Gasteiger partial charge in [0.25, 0.3) is 11.8 Å². The molecule has 0 aliphatic rings. The number of carbonyl (C=O) groups is 2.